The van der Waals surface area contributed by atoms with Crippen LogP contribution in [-0.4, -0.2) is 28.3 Å². The minimum absolute atomic E-state index is 0.202. The lowest BCUT2D eigenvalue weighted by Gasteiger charge is -2.09. The molecule has 0 fully saturated rings. The van der Waals surface area contributed by atoms with Gasteiger partial charge in [-0.25, -0.2) is 0 Å². The Bertz CT molecular complexity index is 1300. The maximum absolute atomic E-state index is 12.8. The smallest absolute Gasteiger partial charge is 0.291 e. The largest absolute Gasteiger partial charge is 0.493 e. The number of methoxy groups -OCH3 is 1. The van der Waals surface area contributed by atoms with Crippen LogP contribution in [0.2, 0.25) is 0 Å². The van der Waals surface area contributed by atoms with Crippen molar-refractivity contribution in [1.29, 1.82) is 0 Å². The molecule has 2 aromatic carbocycles. The van der Waals surface area contributed by atoms with Crippen molar-refractivity contribution < 1.29 is 9.47 Å². The summed E-state index contributed by atoms with van der Waals surface area (Å²) in [6.45, 7) is 4.03. The standard InChI is InChI=1S/C21H16BrN3O3S/c1-3-10-28-16-9-4-13(11-17(16)27-2)12-18-20(26)25-21(29-18)23-19(24-25)14-5-7-15(22)8-6-14/h3-9,11-12H,1,10H2,2H3/b18-12-. The normalized spacial score (nSPS) is 11.7. The van der Waals surface area contributed by atoms with Gasteiger partial charge < -0.3 is 9.47 Å². The summed E-state index contributed by atoms with van der Waals surface area (Å²) in [5.74, 6) is 1.73. The van der Waals surface area contributed by atoms with Crippen molar-refractivity contribution in [3.05, 3.63) is 80.0 Å². The van der Waals surface area contributed by atoms with Crippen molar-refractivity contribution in [3.8, 4) is 22.9 Å². The van der Waals surface area contributed by atoms with E-state index in [2.05, 4.69) is 32.6 Å². The topological polar surface area (TPSA) is 65.7 Å². The van der Waals surface area contributed by atoms with Gasteiger partial charge in [-0.2, -0.15) is 9.50 Å². The molecule has 0 saturated heterocycles. The Morgan fingerprint density at radius 3 is 2.69 bits per heavy atom. The maximum atomic E-state index is 12.8. The highest BCUT2D eigenvalue weighted by Gasteiger charge is 2.12. The molecule has 29 heavy (non-hydrogen) atoms. The molecule has 0 aliphatic rings. The lowest BCUT2D eigenvalue weighted by molar-refractivity contribution is 0.326. The van der Waals surface area contributed by atoms with Gasteiger partial charge in [-0.3, -0.25) is 4.79 Å². The fourth-order valence-electron chi connectivity index (χ4n) is 2.75. The van der Waals surface area contributed by atoms with E-state index in [4.69, 9.17) is 9.47 Å². The summed E-state index contributed by atoms with van der Waals surface area (Å²) in [5.41, 5.74) is 1.48. The van der Waals surface area contributed by atoms with E-state index in [1.54, 1.807) is 25.3 Å². The van der Waals surface area contributed by atoms with E-state index in [0.29, 0.717) is 33.4 Å². The fraction of sp³-hybridized carbons (Fsp3) is 0.0952. The van der Waals surface area contributed by atoms with Crippen LogP contribution in [0, 0.1) is 0 Å². The molecule has 2 heterocycles. The van der Waals surface area contributed by atoms with Crippen LogP contribution in [0.25, 0.3) is 22.4 Å². The SMILES string of the molecule is C=CCOc1ccc(/C=c2\sc3nc(-c4ccc(Br)cc4)nn3c2=O)cc1OC. The monoisotopic (exact) mass is 469 g/mol. The summed E-state index contributed by atoms with van der Waals surface area (Å²) in [7, 11) is 1.58. The molecule has 4 aromatic rings. The van der Waals surface area contributed by atoms with Crippen LogP contribution < -0.4 is 19.6 Å². The minimum Gasteiger partial charge on any atom is -0.493 e. The molecule has 146 valence electrons. The second kappa shape index (κ2) is 8.18. The third-order valence-corrected chi connectivity index (χ3v) is 5.61. The average molecular weight is 470 g/mol. The molecular formula is C21H16BrN3O3S. The van der Waals surface area contributed by atoms with Crippen LogP contribution in [0.15, 0.2) is 64.4 Å². The van der Waals surface area contributed by atoms with E-state index in [-0.39, 0.29) is 5.56 Å². The molecule has 2 aromatic heterocycles. The van der Waals surface area contributed by atoms with Gasteiger partial charge >= 0.3 is 0 Å². The molecular weight excluding hydrogens is 454 g/mol. The number of rotatable bonds is 6. The Hall–Kier alpha value is -2.97. The van der Waals surface area contributed by atoms with Gasteiger partial charge in [0, 0.05) is 10.0 Å². The summed E-state index contributed by atoms with van der Waals surface area (Å²) in [6.07, 6.45) is 3.46. The van der Waals surface area contributed by atoms with Gasteiger partial charge in [-0.05, 0) is 35.9 Å². The summed E-state index contributed by atoms with van der Waals surface area (Å²) in [5, 5.41) is 4.37. The van der Waals surface area contributed by atoms with E-state index in [1.807, 2.05) is 36.4 Å². The van der Waals surface area contributed by atoms with Gasteiger partial charge in [0.1, 0.15) is 6.61 Å². The van der Waals surface area contributed by atoms with Crippen molar-refractivity contribution in [2.45, 2.75) is 0 Å². The van der Waals surface area contributed by atoms with E-state index in [0.717, 1.165) is 15.6 Å². The highest BCUT2D eigenvalue weighted by Crippen LogP contribution is 2.28. The minimum atomic E-state index is -0.202. The first-order valence-corrected chi connectivity index (χ1v) is 10.3. The van der Waals surface area contributed by atoms with Crippen molar-refractivity contribution in [2.75, 3.05) is 13.7 Å². The molecule has 0 radical (unpaired) electrons. The van der Waals surface area contributed by atoms with Gasteiger partial charge in [0.05, 0.1) is 11.6 Å². The summed E-state index contributed by atoms with van der Waals surface area (Å²) in [6, 6.07) is 13.1. The second-order valence-electron chi connectivity index (χ2n) is 6.06. The Kier molecular flexibility index (Phi) is 5.46. The van der Waals surface area contributed by atoms with Gasteiger partial charge in [0.15, 0.2) is 17.3 Å². The molecule has 0 amide bonds. The number of fused-ring (bicyclic) bond motifs is 1. The van der Waals surface area contributed by atoms with Gasteiger partial charge in [0.2, 0.25) is 4.96 Å². The predicted molar refractivity (Wildman–Crippen MR) is 118 cm³/mol. The van der Waals surface area contributed by atoms with Crippen LogP contribution in [0.5, 0.6) is 11.5 Å². The molecule has 0 atom stereocenters. The molecule has 8 heteroatoms. The third-order valence-electron chi connectivity index (χ3n) is 4.13. The first kappa shape index (κ1) is 19.4. The Balaban J connectivity index is 1.71. The Labute approximate surface area is 178 Å². The molecule has 0 saturated carbocycles. The van der Waals surface area contributed by atoms with E-state index in [1.165, 1.54) is 15.9 Å². The highest BCUT2D eigenvalue weighted by atomic mass is 79.9. The van der Waals surface area contributed by atoms with Gasteiger partial charge in [-0.15, -0.1) is 5.10 Å². The van der Waals surface area contributed by atoms with Crippen LogP contribution in [0.1, 0.15) is 5.56 Å². The van der Waals surface area contributed by atoms with Crippen molar-refractivity contribution >= 4 is 38.3 Å². The van der Waals surface area contributed by atoms with Gasteiger partial charge in [0.25, 0.3) is 5.56 Å². The van der Waals surface area contributed by atoms with Crippen molar-refractivity contribution in [1.82, 2.24) is 14.6 Å². The zero-order valence-electron chi connectivity index (χ0n) is 15.5. The first-order chi connectivity index (χ1) is 14.1. The highest BCUT2D eigenvalue weighted by molar-refractivity contribution is 9.10. The molecule has 6 nitrogen and oxygen atoms in total. The maximum Gasteiger partial charge on any atom is 0.291 e. The zero-order chi connectivity index (χ0) is 20.4. The quantitative estimate of drug-likeness (QED) is 0.402. The van der Waals surface area contributed by atoms with Crippen LogP contribution in [-0.2, 0) is 0 Å². The number of nitrogens with zero attached hydrogens (tertiary/aromatic N) is 3. The number of hydrogen-bond acceptors (Lipinski definition) is 6. The molecule has 0 aliphatic carbocycles. The summed E-state index contributed by atoms with van der Waals surface area (Å²) < 4.78 is 13.8. The molecule has 4 rings (SSSR count). The third kappa shape index (κ3) is 3.94. The fourth-order valence-corrected chi connectivity index (χ4v) is 3.92. The summed E-state index contributed by atoms with van der Waals surface area (Å²) >= 11 is 4.70. The Morgan fingerprint density at radius 2 is 2.00 bits per heavy atom. The number of benzene rings is 2. The van der Waals surface area contributed by atoms with E-state index in [9.17, 15) is 4.79 Å². The average Bonchev–Trinajstić information content (AvgIpc) is 3.27. The predicted octanol–water partition coefficient (Wildman–Crippen LogP) is 3.70. The molecule has 0 spiro atoms. The van der Waals surface area contributed by atoms with Crippen molar-refractivity contribution in [3.63, 3.8) is 0 Å². The van der Waals surface area contributed by atoms with Crippen LogP contribution in [0.4, 0.5) is 0 Å². The summed E-state index contributed by atoms with van der Waals surface area (Å²) in [4.78, 5) is 17.8. The van der Waals surface area contributed by atoms with Gasteiger partial charge in [-0.1, -0.05) is 58.1 Å². The second-order valence-corrected chi connectivity index (χ2v) is 7.99. The molecule has 0 aliphatic heterocycles. The van der Waals surface area contributed by atoms with Crippen LogP contribution >= 0.6 is 27.3 Å². The first-order valence-electron chi connectivity index (χ1n) is 8.68. The lowest BCUT2D eigenvalue weighted by atomic mass is 10.2. The number of hydrogen-bond donors (Lipinski definition) is 0. The van der Waals surface area contributed by atoms with Crippen molar-refractivity contribution in [2.24, 2.45) is 0 Å². The number of aromatic nitrogens is 3. The lowest BCUT2D eigenvalue weighted by Crippen LogP contribution is -2.23. The van der Waals surface area contributed by atoms with E-state index < -0.39 is 0 Å². The number of halogens is 1. The molecule has 0 unspecified atom stereocenters. The number of thiazole rings is 1. The molecule has 0 N–H and O–H groups in total. The van der Waals surface area contributed by atoms with Crippen LogP contribution in [0.3, 0.4) is 0 Å². The van der Waals surface area contributed by atoms with E-state index >= 15 is 0 Å². The molecule has 0 bridgehead atoms. The zero-order valence-corrected chi connectivity index (χ0v) is 17.9. The number of ether oxygens (including phenoxy) is 2. The Morgan fingerprint density at radius 1 is 1.21 bits per heavy atom.